The largest absolute Gasteiger partial charge is 0.338 e. The number of piperidine rings is 1. The predicted molar refractivity (Wildman–Crippen MR) is 103 cm³/mol. The molecule has 0 spiro atoms. The van der Waals surface area contributed by atoms with Crippen LogP contribution in [0.1, 0.15) is 40.8 Å². The smallest absolute Gasteiger partial charge is 0.257 e. The molecule has 1 aromatic carbocycles. The fraction of sp³-hybridized carbons (Fsp3) is 0.333. The normalized spacial score (nSPS) is 17.1. The van der Waals surface area contributed by atoms with Crippen molar-refractivity contribution in [3.8, 4) is 11.3 Å². The maximum Gasteiger partial charge on any atom is 0.257 e. The molecule has 1 atom stereocenters. The number of benzene rings is 1. The van der Waals surface area contributed by atoms with E-state index in [9.17, 15) is 4.79 Å². The molecule has 0 bridgehead atoms. The van der Waals surface area contributed by atoms with Crippen molar-refractivity contribution >= 4 is 5.91 Å². The van der Waals surface area contributed by atoms with Crippen molar-refractivity contribution in [1.82, 2.24) is 24.4 Å². The van der Waals surface area contributed by atoms with Crippen molar-refractivity contribution in [2.45, 2.75) is 25.7 Å². The average Bonchev–Trinajstić information content (AvgIpc) is 3.14. The van der Waals surface area contributed by atoms with Gasteiger partial charge in [-0.2, -0.15) is 0 Å². The van der Waals surface area contributed by atoms with Gasteiger partial charge in [-0.15, -0.1) is 0 Å². The molecule has 0 unspecified atom stereocenters. The summed E-state index contributed by atoms with van der Waals surface area (Å²) in [6.07, 6.45) is 7.45. The lowest BCUT2D eigenvalue weighted by molar-refractivity contribution is 0.0703. The highest BCUT2D eigenvalue weighted by Crippen LogP contribution is 2.28. The van der Waals surface area contributed by atoms with Gasteiger partial charge in [0.1, 0.15) is 11.6 Å². The second-order valence-electron chi connectivity index (χ2n) is 7.03. The topological polar surface area (TPSA) is 63.9 Å². The van der Waals surface area contributed by atoms with E-state index in [0.717, 1.165) is 30.8 Å². The van der Waals surface area contributed by atoms with E-state index in [1.807, 2.05) is 66.2 Å². The maximum absolute atomic E-state index is 13.3. The van der Waals surface area contributed by atoms with Crippen LogP contribution < -0.4 is 0 Å². The summed E-state index contributed by atoms with van der Waals surface area (Å²) in [6, 6.07) is 9.83. The Labute approximate surface area is 158 Å². The van der Waals surface area contributed by atoms with E-state index in [1.165, 1.54) is 0 Å². The number of hydrogen-bond donors (Lipinski definition) is 0. The molecule has 1 amide bonds. The molecule has 4 rings (SSSR count). The molecule has 3 heterocycles. The first-order valence-electron chi connectivity index (χ1n) is 9.29. The minimum atomic E-state index is -0.00670. The monoisotopic (exact) mass is 361 g/mol. The summed E-state index contributed by atoms with van der Waals surface area (Å²) in [6.45, 7) is 3.27. The van der Waals surface area contributed by atoms with Gasteiger partial charge in [0.25, 0.3) is 5.91 Å². The Morgan fingerprint density at radius 2 is 2.00 bits per heavy atom. The lowest BCUT2D eigenvalue weighted by atomic mass is 9.96. The number of nitrogens with zero attached hydrogens (tertiary/aromatic N) is 5. The summed E-state index contributed by atoms with van der Waals surface area (Å²) in [5, 5.41) is 0. The van der Waals surface area contributed by atoms with Crippen molar-refractivity contribution in [1.29, 1.82) is 0 Å². The van der Waals surface area contributed by atoms with E-state index < -0.39 is 0 Å². The number of amides is 1. The first-order chi connectivity index (χ1) is 13.1. The van der Waals surface area contributed by atoms with Crippen LogP contribution in [-0.4, -0.2) is 43.4 Å². The van der Waals surface area contributed by atoms with Crippen LogP contribution in [0.2, 0.25) is 0 Å². The molecule has 138 valence electrons. The Hall–Kier alpha value is -3.02. The summed E-state index contributed by atoms with van der Waals surface area (Å²) in [7, 11) is 2.00. The minimum absolute atomic E-state index is 0.00670. The van der Waals surface area contributed by atoms with Crippen LogP contribution in [0.25, 0.3) is 11.3 Å². The molecule has 1 fully saturated rings. The van der Waals surface area contributed by atoms with Gasteiger partial charge in [-0.25, -0.2) is 15.0 Å². The van der Waals surface area contributed by atoms with Gasteiger partial charge in [0.15, 0.2) is 0 Å². The Bertz CT molecular complexity index is 950. The SMILES string of the molecule is Cc1ncc(C(=O)N2CCC[C@H](c3nccn3C)C2)c(-c2ccccc2)n1. The molecule has 27 heavy (non-hydrogen) atoms. The van der Waals surface area contributed by atoms with Gasteiger partial charge in [-0.3, -0.25) is 4.79 Å². The molecule has 0 aliphatic carbocycles. The summed E-state index contributed by atoms with van der Waals surface area (Å²) >= 11 is 0. The first-order valence-corrected chi connectivity index (χ1v) is 9.29. The van der Waals surface area contributed by atoms with Gasteiger partial charge < -0.3 is 9.47 Å². The Kier molecular flexibility index (Phi) is 4.71. The lowest BCUT2D eigenvalue weighted by Crippen LogP contribution is -2.40. The Balaban J connectivity index is 1.64. The zero-order valence-electron chi connectivity index (χ0n) is 15.7. The van der Waals surface area contributed by atoms with Crippen molar-refractivity contribution in [2.75, 3.05) is 13.1 Å². The third kappa shape index (κ3) is 3.47. The van der Waals surface area contributed by atoms with Crippen molar-refractivity contribution in [2.24, 2.45) is 7.05 Å². The molecular formula is C21H23N5O. The summed E-state index contributed by atoms with van der Waals surface area (Å²) in [5.41, 5.74) is 2.20. The van der Waals surface area contributed by atoms with Gasteiger partial charge in [-0.1, -0.05) is 30.3 Å². The second-order valence-corrected chi connectivity index (χ2v) is 7.03. The zero-order chi connectivity index (χ0) is 18.8. The van der Waals surface area contributed by atoms with E-state index in [0.29, 0.717) is 23.6 Å². The van der Waals surface area contributed by atoms with E-state index >= 15 is 0 Å². The predicted octanol–water partition coefficient (Wildman–Crippen LogP) is 3.21. The van der Waals surface area contributed by atoms with Gasteiger partial charge in [0.05, 0.1) is 11.3 Å². The molecular weight excluding hydrogens is 338 g/mol. The fourth-order valence-corrected chi connectivity index (χ4v) is 3.76. The molecule has 6 heteroatoms. The molecule has 0 N–H and O–H groups in total. The third-order valence-electron chi connectivity index (χ3n) is 5.12. The Morgan fingerprint density at radius 1 is 1.19 bits per heavy atom. The van der Waals surface area contributed by atoms with Crippen molar-refractivity contribution in [3.05, 3.63) is 66.1 Å². The third-order valence-corrected chi connectivity index (χ3v) is 5.12. The molecule has 3 aromatic rings. The number of carbonyl (C=O) groups is 1. The first kappa shape index (κ1) is 17.4. The van der Waals surface area contributed by atoms with Gasteiger partial charge in [0, 0.05) is 50.2 Å². The number of aromatic nitrogens is 4. The van der Waals surface area contributed by atoms with Crippen LogP contribution >= 0.6 is 0 Å². The molecule has 2 aromatic heterocycles. The number of likely N-dealkylation sites (tertiary alicyclic amines) is 1. The molecule has 0 saturated carbocycles. The minimum Gasteiger partial charge on any atom is -0.338 e. The summed E-state index contributed by atoms with van der Waals surface area (Å²) < 4.78 is 2.04. The van der Waals surface area contributed by atoms with E-state index in [-0.39, 0.29) is 11.8 Å². The summed E-state index contributed by atoms with van der Waals surface area (Å²) in [5.74, 6) is 1.95. The van der Waals surface area contributed by atoms with Gasteiger partial charge in [-0.05, 0) is 19.8 Å². The standard InChI is InChI=1S/C21H23N5O/c1-15-23-13-18(19(24-15)16-7-4-3-5-8-16)21(27)26-11-6-9-17(14-26)20-22-10-12-25(20)2/h3-5,7-8,10,12-13,17H,6,9,11,14H2,1-2H3/t17-/m0/s1. The van der Waals surface area contributed by atoms with Crippen LogP contribution in [0.15, 0.2) is 48.9 Å². The van der Waals surface area contributed by atoms with Crippen molar-refractivity contribution < 1.29 is 4.79 Å². The average molecular weight is 361 g/mol. The molecule has 1 aliphatic heterocycles. The second kappa shape index (κ2) is 7.31. The molecule has 6 nitrogen and oxygen atoms in total. The van der Waals surface area contributed by atoms with Crippen molar-refractivity contribution in [3.63, 3.8) is 0 Å². The van der Waals surface area contributed by atoms with Crippen LogP contribution in [0.3, 0.4) is 0 Å². The highest BCUT2D eigenvalue weighted by molar-refractivity contribution is 5.99. The Morgan fingerprint density at radius 3 is 2.74 bits per heavy atom. The van der Waals surface area contributed by atoms with Gasteiger partial charge >= 0.3 is 0 Å². The highest BCUT2D eigenvalue weighted by Gasteiger charge is 2.29. The fourth-order valence-electron chi connectivity index (χ4n) is 3.76. The molecule has 1 saturated heterocycles. The van der Waals surface area contributed by atoms with E-state index in [2.05, 4.69) is 15.0 Å². The lowest BCUT2D eigenvalue weighted by Gasteiger charge is -2.32. The number of aryl methyl sites for hydroxylation is 2. The van der Waals surface area contributed by atoms with Crippen LogP contribution in [0.4, 0.5) is 0 Å². The van der Waals surface area contributed by atoms with E-state index in [1.54, 1.807) is 6.20 Å². The number of hydrogen-bond acceptors (Lipinski definition) is 4. The van der Waals surface area contributed by atoms with Crippen LogP contribution in [-0.2, 0) is 7.05 Å². The van der Waals surface area contributed by atoms with Crippen LogP contribution in [0.5, 0.6) is 0 Å². The molecule has 0 radical (unpaired) electrons. The summed E-state index contributed by atoms with van der Waals surface area (Å²) in [4.78, 5) is 28.6. The van der Waals surface area contributed by atoms with Gasteiger partial charge in [0.2, 0.25) is 0 Å². The maximum atomic E-state index is 13.3. The molecule has 1 aliphatic rings. The van der Waals surface area contributed by atoms with E-state index in [4.69, 9.17) is 0 Å². The number of rotatable bonds is 3. The quantitative estimate of drug-likeness (QED) is 0.719. The number of imidazole rings is 1. The number of carbonyl (C=O) groups excluding carboxylic acids is 1. The van der Waals surface area contributed by atoms with Crippen LogP contribution in [0, 0.1) is 6.92 Å². The highest BCUT2D eigenvalue weighted by atomic mass is 16.2. The zero-order valence-corrected chi connectivity index (χ0v) is 15.7.